The monoisotopic (exact) mass is 258 g/mol. The zero-order valence-electron chi connectivity index (χ0n) is 11.7. The highest BCUT2D eigenvalue weighted by Gasteiger charge is 2.33. The molecule has 0 unspecified atom stereocenters. The molecule has 3 nitrogen and oxygen atoms in total. The van der Waals surface area contributed by atoms with Crippen LogP contribution in [-0.4, -0.2) is 60.9 Å². The Morgan fingerprint density at radius 2 is 2.24 bits per heavy atom. The molecule has 17 heavy (non-hydrogen) atoms. The van der Waals surface area contributed by atoms with Gasteiger partial charge in [0.2, 0.25) is 5.91 Å². The maximum Gasteiger partial charge on any atom is 0.232 e. The predicted octanol–water partition coefficient (Wildman–Crippen LogP) is 1.93. The molecule has 0 spiro atoms. The average molecular weight is 258 g/mol. The van der Waals surface area contributed by atoms with Crippen molar-refractivity contribution in [3.8, 4) is 0 Å². The van der Waals surface area contributed by atoms with Gasteiger partial charge in [0.05, 0.1) is 5.75 Å². The first-order valence-corrected chi connectivity index (χ1v) is 7.62. The maximum atomic E-state index is 11.9. The van der Waals surface area contributed by atoms with E-state index in [9.17, 15) is 4.79 Å². The molecule has 1 heterocycles. The summed E-state index contributed by atoms with van der Waals surface area (Å²) in [5.41, 5.74) is 0.286. The van der Waals surface area contributed by atoms with Crippen molar-refractivity contribution in [2.75, 3.05) is 45.2 Å². The highest BCUT2D eigenvalue weighted by Crippen LogP contribution is 2.29. The molecule has 1 aliphatic heterocycles. The zero-order valence-corrected chi connectivity index (χ0v) is 12.5. The number of carbonyl (C=O) groups is 1. The van der Waals surface area contributed by atoms with Gasteiger partial charge in [0, 0.05) is 20.1 Å². The largest absolute Gasteiger partial charge is 0.344 e. The molecule has 0 aromatic rings. The van der Waals surface area contributed by atoms with Gasteiger partial charge in [-0.2, -0.15) is 11.8 Å². The number of hydrogen-bond acceptors (Lipinski definition) is 3. The minimum absolute atomic E-state index is 0.277. The Balaban J connectivity index is 2.32. The van der Waals surface area contributed by atoms with Gasteiger partial charge >= 0.3 is 0 Å². The van der Waals surface area contributed by atoms with E-state index >= 15 is 0 Å². The standard InChI is InChI=1S/C13H26N2OS/c1-5-8-17-9-12(16)15(4)11-13(2)6-7-14(3)10-13/h5-11H2,1-4H3/t13-/m1/s1. The lowest BCUT2D eigenvalue weighted by atomic mass is 9.89. The summed E-state index contributed by atoms with van der Waals surface area (Å²) in [6.07, 6.45) is 2.34. The Labute approximate surface area is 110 Å². The lowest BCUT2D eigenvalue weighted by Crippen LogP contribution is -2.39. The van der Waals surface area contributed by atoms with E-state index < -0.39 is 0 Å². The normalized spacial score (nSPS) is 25.2. The second-order valence-corrected chi connectivity index (χ2v) is 6.71. The van der Waals surface area contributed by atoms with Crippen LogP contribution in [0, 0.1) is 5.41 Å². The van der Waals surface area contributed by atoms with Gasteiger partial charge in [-0.15, -0.1) is 0 Å². The van der Waals surface area contributed by atoms with E-state index in [2.05, 4.69) is 25.8 Å². The Hall–Kier alpha value is -0.220. The van der Waals surface area contributed by atoms with Crippen molar-refractivity contribution in [2.45, 2.75) is 26.7 Å². The first-order chi connectivity index (χ1) is 7.97. The van der Waals surface area contributed by atoms with Crippen molar-refractivity contribution in [3.05, 3.63) is 0 Å². The molecule has 0 aromatic carbocycles. The van der Waals surface area contributed by atoms with Crippen LogP contribution in [0.15, 0.2) is 0 Å². The van der Waals surface area contributed by atoms with Gasteiger partial charge in [0.25, 0.3) is 0 Å². The molecule has 0 N–H and O–H groups in total. The molecule has 0 radical (unpaired) electrons. The lowest BCUT2D eigenvalue weighted by Gasteiger charge is -2.29. The van der Waals surface area contributed by atoms with Crippen molar-refractivity contribution in [3.63, 3.8) is 0 Å². The van der Waals surface area contributed by atoms with Crippen molar-refractivity contribution >= 4 is 17.7 Å². The van der Waals surface area contributed by atoms with Crippen molar-refractivity contribution in [2.24, 2.45) is 5.41 Å². The van der Waals surface area contributed by atoms with E-state index in [-0.39, 0.29) is 11.3 Å². The van der Waals surface area contributed by atoms with Gasteiger partial charge in [-0.1, -0.05) is 13.8 Å². The fourth-order valence-corrected chi connectivity index (χ4v) is 3.30. The van der Waals surface area contributed by atoms with Gasteiger partial charge in [-0.3, -0.25) is 4.79 Å². The molecule has 4 heteroatoms. The van der Waals surface area contributed by atoms with E-state index in [1.807, 2.05) is 11.9 Å². The van der Waals surface area contributed by atoms with Crippen LogP contribution in [0.4, 0.5) is 0 Å². The molecule has 1 aliphatic rings. The van der Waals surface area contributed by atoms with Gasteiger partial charge in [-0.25, -0.2) is 0 Å². The minimum Gasteiger partial charge on any atom is -0.344 e. The predicted molar refractivity (Wildman–Crippen MR) is 75.5 cm³/mol. The minimum atomic E-state index is 0.277. The summed E-state index contributed by atoms with van der Waals surface area (Å²) in [6, 6.07) is 0. The van der Waals surface area contributed by atoms with E-state index in [4.69, 9.17) is 0 Å². The number of thioether (sulfide) groups is 1. The van der Waals surface area contributed by atoms with Crippen LogP contribution in [0.1, 0.15) is 26.7 Å². The first kappa shape index (κ1) is 14.8. The van der Waals surface area contributed by atoms with Crippen LogP contribution in [0.3, 0.4) is 0 Å². The van der Waals surface area contributed by atoms with E-state index in [0.29, 0.717) is 5.75 Å². The van der Waals surface area contributed by atoms with Crippen LogP contribution in [0.2, 0.25) is 0 Å². The fourth-order valence-electron chi connectivity index (χ4n) is 2.47. The molecule has 1 rings (SSSR count). The third kappa shape index (κ3) is 4.88. The molecule has 1 fully saturated rings. The number of likely N-dealkylation sites (tertiary alicyclic amines) is 1. The van der Waals surface area contributed by atoms with E-state index in [1.165, 1.54) is 6.42 Å². The summed E-state index contributed by atoms with van der Waals surface area (Å²) in [5.74, 6) is 2.00. The number of nitrogens with zero attached hydrogens (tertiary/aromatic N) is 2. The van der Waals surface area contributed by atoms with Crippen molar-refractivity contribution in [1.82, 2.24) is 9.80 Å². The highest BCUT2D eigenvalue weighted by atomic mass is 32.2. The van der Waals surface area contributed by atoms with Gasteiger partial charge in [-0.05, 0) is 37.6 Å². The lowest BCUT2D eigenvalue weighted by molar-refractivity contribution is -0.128. The number of amides is 1. The fraction of sp³-hybridized carbons (Fsp3) is 0.923. The summed E-state index contributed by atoms with van der Waals surface area (Å²) in [4.78, 5) is 16.2. The van der Waals surface area contributed by atoms with Crippen LogP contribution in [-0.2, 0) is 4.79 Å². The third-order valence-electron chi connectivity index (χ3n) is 3.37. The van der Waals surface area contributed by atoms with Gasteiger partial charge in [0.1, 0.15) is 0 Å². The average Bonchev–Trinajstić information content (AvgIpc) is 2.58. The molecule has 0 saturated carbocycles. The Morgan fingerprint density at radius 3 is 2.76 bits per heavy atom. The zero-order chi connectivity index (χ0) is 12.9. The van der Waals surface area contributed by atoms with E-state index in [0.717, 1.165) is 31.8 Å². The van der Waals surface area contributed by atoms with Crippen molar-refractivity contribution in [1.29, 1.82) is 0 Å². The van der Waals surface area contributed by atoms with Crippen LogP contribution < -0.4 is 0 Å². The molecular weight excluding hydrogens is 232 g/mol. The van der Waals surface area contributed by atoms with Crippen LogP contribution in [0.5, 0.6) is 0 Å². The smallest absolute Gasteiger partial charge is 0.232 e. The first-order valence-electron chi connectivity index (χ1n) is 6.47. The summed E-state index contributed by atoms with van der Waals surface area (Å²) < 4.78 is 0. The molecular formula is C13H26N2OS. The number of carbonyl (C=O) groups excluding carboxylic acids is 1. The number of rotatable bonds is 6. The molecule has 0 bridgehead atoms. The quantitative estimate of drug-likeness (QED) is 0.680. The molecule has 0 aromatic heterocycles. The molecule has 0 aliphatic carbocycles. The Morgan fingerprint density at radius 1 is 1.53 bits per heavy atom. The molecule has 1 amide bonds. The second kappa shape index (κ2) is 6.64. The SMILES string of the molecule is CCCSCC(=O)N(C)C[C@]1(C)CCN(C)C1. The van der Waals surface area contributed by atoms with Crippen LogP contribution in [0.25, 0.3) is 0 Å². The van der Waals surface area contributed by atoms with Crippen LogP contribution >= 0.6 is 11.8 Å². The molecule has 1 saturated heterocycles. The summed E-state index contributed by atoms with van der Waals surface area (Å²) >= 11 is 1.75. The molecule has 1 atom stereocenters. The highest BCUT2D eigenvalue weighted by molar-refractivity contribution is 7.99. The maximum absolute atomic E-state index is 11.9. The number of hydrogen-bond donors (Lipinski definition) is 0. The summed E-state index contributed by atoms with van der Waals surface area (Å²) in [6.45, 7) is 7.59. The van der Waals surface area contributed by atoms with Crippen molar-refractivity contribution < 1.29 is 4.79 Å². The third-order valence-corrected chi connectivity index (χ3v) is 4.52. The van der Waals surface area contributed by atoms with Gasteiger partial charge in [0.15, 0.2) is 0 Å². The molecule has 100 valence electrons. The van der Waals surface area contributed by atoms with Gasteiger partial charge < -0.3 is 9.80 Å². The second-order valence-electron chi connectivity index (χ2n) is 5.60. The summed E-state index contributed by atoms with van der Waals surface area (Å²) in [7, 11) is 4.10. The van der Waals surface area contributed by atoms with E-state index in [1.54, 1.807) is 11.8 Å². The Bertz CT molecular complexity index is 260. The summed E-state index contributed by atoms with van der Waals surface area (Å²) in [5, 5.41) is 0. The Kier molecular flexibility index (Phi) is 5.80. The topological polar surface area (TPSA) is 23.6 Å².